The van der Waals surface area contributed by atoms with Crippen LogP contribution in [0.4, 0.5) is 0 Å². The number of hydrogen-bond acceptors (Lipinski definition) is 3. The Morgan fingerprint density at radius 2 is 1.65 bits per heavy atom. The molecular weight excluding hydrogens is 236 g/mol. The smallest absolute Gasteiger partial charge is 0.0842 e. The van der Waals surface area contributed by atoms with Gasteiger partial charge in [0, 0.05) is 0 Å². The highest BCUT2D eigenvalue weighted by atomic mass is 32.2. The Labute approximate surface area is 109 Å². The van der Waals surface area contributed by atoms with E-state index < -0.39 is 11.4 Å². The fourth-order valence-electron chi connectivity index (χ4n) is 1.91. The van der Waals surface area contributed by atoms with Crippen molar-refractivity contribution in [2.45, 2.75) is 71.6 Å². The minimum absolute atomic E-state index is 0.327. The molecule has 0 N–H and O–H groups in total. The SMILES string of the molecule is CCCCCCCCCC(C)CCOS(=O)[O-]. The van der Waals surface area contributed by atoms with Crippen LogP contribution in [0.2, 0.25) is 0 Å². The number of hydrogen-bond donors (Lipinski definition) is 0. The fourth-order valence-corrected chi connectivity index (χ4v) is 2.14. The second kappa shape index (κ2) is 12.5. The Morgan fingerprint density at radius 3 is 2.24 bits per heavy atom. The molecule has 0 aliphatic heterocycles. The van der Waals surface area contributed by atoms with E-state index in [2.05, 4.69) is 18.0 Å². The molecule has 0 rings (SSSR count). The maximum Gasteiger partial charge on any atom is 0.0842 e. The molecule has 0 aromatic rings. The second-order valence-electron chi connectivity index (χ2n) is 4.83. The Bertz CT molecular complexity index is 186. The first-order chi connectivity index (χ1) is 8.16. The van der Waals surface area contributed by atoms with Crippen LogP contribution in [0.25, 0.3) is 0 Å². The molecule has 0 saturated carbocycles. The van der Waals surface area contributed by atoms with Crippen molar-refractivity contribution in [2.24, 2.45) is 5.92 Å². The van der Waals surface area contributed by atoms with Crippen molar-refractivity contribution in [3.8, 4) is 0 Å². The maximum atomic E-state index is 10.1. The predicted octanol–water partition coefficient (Wildman–Crippen LogP) is 3.96. The first kappa shape index (κ1) is 17.1. The van der Waals surface area contributed by atoms with Crippen LogP contribution in [-0.2, 0) is 15.5 Å². The van der Waals surface area contributed by atoms with E-state index in [1.54, 1.807) is 0 Å². The molecule has 0 amide bonds. The molecule has 0 saturated heterocycles. The van der Waals surface area contributed by atoms with Gasteiger partial charge in [0.2, 0.25) is 0 Å². The molecule has 0 radical (unpaired) electrons. The lowest BCUT2D eigenvalue weighted by molar-refractivity contribution is 0.269. The Hall–Kier alpha value is 0.0700. The molecule has 0 bridgehead atoms. The van der Waals surface area contributed by atoms with Crippen molar-refractivity contribution in [2.75, 3.05) is 6.61 Å². The third kappa shape index (κ3) is 14.0. The molecule has 0 heterocycles. The molecule has 0 aliphatic carbocycles. The van der Waals surface area contributed by atoms with Crippen LogP contribution >= 0.6 is 0 Å². The van der Waals surface area contributed by atoms with Gasteiger partial charge in [0.25, 0.3) is 0 Å². The maximum absolute atomic E-state index is 10.1. The van der Waals surface area contributed by atoms with Gasteiger partial charge in [-0.15, -0.1) is 0 Å². The van der Waals surface area contributed by atoms with E-state index in [4.69, 9.17) is 0 Å². The van der Waals surface area contributed by atoms with Crippen LogP contribution in [0, 0.1) is 5.92 Å². The molecule has 3 nitrogen and oxygen atoms in total. The Kier molecular flexibility index (Phi) is 12.6. The van der Waals surface area contributed by atoms with Crippen molar-refractivity contribution < 1.29 is 12.9 Å². The molecule has 0 spiro atoms. The average molecular weight is 263 g/mol. The molecule has 2 atom stereocenters. The summed E-state index contributed by atoms with van der Waals surface area (Å²) in [4.78, 5) is 0. The summed E-state index contributed by atoms with van der Waals surface area (Å²) in [5.41, 5.74) is 0. The minimum atomic E-state index is -2.34. The zero-order valence-electron chi connectivity index (χ0n) is 11.3. The van der Waals surface area contributed by atoms with Crippen LogP contribution in [-0.4, -0.2) is 15.4 Å². The molecule has 17 heavy (non-hydrogen) atoms. The third-order valence-corrected chi connectivity index (χ3v) is 3.45. The standard InChI is InChI=1S/C13H28O3S/c1-3-4-5-6-7-8-9-10-13(2)11-12-16-17(14)15/h13H,3-12H2,1-2H3,(H,14,15)/p-1. The van der Waals surface area contributed by atoms with E-state index in [1.165, 1.54) is 51.4 Å². The van der Waals surface area contributed by atoms with Gasteiger partial charge in [-0.05, 0) is 12.3 Å². The highest BCUT2D eigenvalue weighted by Crippen LogP contribution is 2.15. The monoisotopic (exact) mass is 263 g/mol. The normalized spacial score (nSPS) is 14.8. The summed E-state index contributed by atoms with van der Waals surface area (Å²) >= 11 is -2.34. The first-order valence-corrected chi connectivity index (χ1v) is 7.89. The van der Waals surface area contributed by atoms with Crippen molar-refractivity contribution in [1.29, 1.82) is 0 Å². The summed E-state index contributed by atoms with van der Waals surface area (Å²) in [6.45, 7) is 4.72. The summed E-state index contributed by atoms with van der Waals surface area (Å²) < 4.78 is 24.8. The van der Waals surface area contributed by atoms with Crippen LogP contribution in [0.15, 0.2) is 0 Å². The minimum Gasteiger partial charge on any atom is -0.750 e. The molecule has 4 heteroatoms. The Balaban J connectivity index is 3.16. The van der Waals surface area contributed by atoms with Crippen LogP contribution in [0.1, 0.15) is 71.6 Å². The molecule has 0 aliphatic rings. The fraction of sp³-hybridized carbons (Fsp3) is 1.00. The summed E-state index contributed by atoms with van der Waals surface area (Å²) in [6, 6.07) is 0. The van der Waals surface area contributed by atoms with Gasteiger partial charge in [0.15, 0.2) is 0 Å². The highest BCUT2D eigenvalue weighted by molar-refractivity contribution is 7.74. The van der Waals surface area contributed by atoms with Gasteiger partial charge in [0.05, 0.1) is 18.0 Å². The lowest BCUT2D eigenvalue weighted by Crippen LogP contribution is -2.03. The number of unbranched alkanes of at least 4 members (excludes halogenated alkanes) is 6. The van der Waals surface area contributed by atoms with Gasteiger partial charge in [-0.3, -0.25) is 0 Å². The van der Waals surface area contributed by atoms with Gasteiger partial charge < -0.3 is 8.74 Å². The summed E-state index contributed by atoms with van der Waals surface area (Å²) in [5.74, 6) is 0.564. The van der Waals surface area contributed by atoms with Gasteiger partial charge >= 0.3 is 0 Å². The van der Waals surface area contributed by atoms with Crippen LogP contribution in [0.3, 0.4) is 0 Å². The lowest BCUT2D eigenvalue weighted by Gasteiger charge is -2.11. The Morgan fingerprint density at radius 1 is 1.06 bits per heavy atom. The van der Waals surface area contributed by atoms with Gasteiger partial charge in [-0.25, -0.2) is 4.21 Å². The third-order valence-electron chi connectivity index (χ3n) is 3.09. The van der Waals surface area contributed by atoms with Gasteiger partial charge in [0.1, 0.15) is 0 Å². The van der Waals surface area contributed by atoms with E-state index in [-0.39, 0.29) is 0 Å². The highest BCUT2D eigenvalue weighted by Gasteiger charge is 2.02. The molecule has 0 aromatic carbocycles. The van der Waals surface area contributed by atoms with E-state index in [1.807, 2.05) is 0 Å². The molecule has 2 unspecified atom stereocenters. The van der Waals surface area contributed by atoms with Crippen molar-refractivity contribution >= 4 is 11.4 Å². The molecule has 104 valence electrons. The zero-order valence-corrected chi connectivity index (χ0v) is 12.1. The summed E-state index contributed by atoms with van der Waals surface area (Å²) in [6.07, 6.45) is 11.3. The van der Waals surface area contributed by atoms with Crippen molar-refractivity contribution in [1.82, 2.24) is 0 Å². The van der Waals surface area contributed by atoms with Crippen LogP contribution in [0.5, 0.6) is 0 Å². The summed E-state index contributed by atoms with van der Waals surface area (Å²) in [7, 11) is 0. The predicted molar refractivity (Wildman–Crippen MR) is 71.3 cm³/mol. The van der Waals surface area contributed by atoms with E-state index >= 15 is 0 Å². The molecular formula is C13H27O3S-. The van der Waals surface area contributed by atoms with Crippen molar-refractivity contribution in [3.05, 3.63) is 0 Å². The van der Waals surface area contributed by atoms with E-state index in [0.717, 1.165) is 6.42 Å². The van der Waals surface area contributed by atoms with Gasteiger partial charge in [-0.1, -0.05) is 65.2 Å². The first-order valence-electron chi connectivity index (χ1n) is 6.89. The topological polar surface area (TPSA) is 49.4 Å². The van der Waals surface area contributed by atoms with E-state index in [9.17, 15) is 8.76 Å². The summed E-state index contributed by atoms with van der Waals surface area (Å²) in [5, 5.41) is 0. The lowest BCUT2D eigenvalue weighted by atomic mass is 9.99. The largest absolute Gasteiger partial charge is 0.750 e. The second-order valence-corrected chi connectivity index (χ2v) is 5.47. The quantitative estimate of drug-likeness (QED) is 0.395. The van der Waals surface area contributed by atoms with E-state index in [0.29, 0.717) is 12.5 Å². The molecule has 0 aromatic heterocycles. The van der Waals surface area contributed by atoms with Crippen molar-refractivity contribution in [3.63, 3.8) is 0 Å². The average Bonchev–Trinajstić information content (AvgIpc) is 2.27. The number of rotatable bonds is 12. The molecule has 0 fully saturated rings. The zero-order chi connectivity index (χ0) is 12.9. The van der Waals surface area contributed by atoms with Gasteiger partial charge in [-0.2, -0.15) is 0 Å². The van der Waals surface area contributed by atoms with Crippen LogP contribution < -0.4 is 0 Å².